The summed E-state index contributed by atoms with van der Waals surface area (Å²) in [5.74, 6) is -1.34. The van der Waals surface area contributed by atoms with E-state index in [0.717, 1.165) is 25.7 Å². The number of fused-ring (bicyclic) bond motifs is 3. The van der Waals surface area contributed by atoms with E-state index in [9.17, 15) is 19.2 Å². The van der Waals surface area contributed by atoms with Gasteiger partial charge >= 0.3 is 0 Å². The van der Waals surface area contributed by atoms with Crippen molar-refractivity contribution in [2.75, 3.05) is 20.1 Å². The first-order chi connectivity index (χ1) is 11.9. The van der Waals surface area contributed by atoms with Gasteiger partial charge in [0, 0.05) is 19.6 Å². The van der Waals surface area contributed by atoms with Crippen LogP contribution in [0, 0.1) is 23.7 Å². The molecule has 4 atom stereocenters. The van der Waals surface area contributed by atoms with Gasteiger partial charge in [-0.2, -0.15) is 0 Å². The van der Waals surface area contributed by atoms with E-state index in [1.165, 1.54) is 11.9 Å². The highest BCUT2D eigenvalue weighted by Gasteiger charge is 2.73. The summed E-state index contributed by atoms with van der Waals surface area (Å²) < 4.78 is 0. The fraction of sp³-hybridized carbons (Fsp3) is 0.778. The Hall–Kier alpha value is -1.92. The van der Waals surface area contributed by atoms with Crippen LogP contribution in [0.4, 0.5) is 0 Å². The molecule has 0 aromatic carbocycles. The Balaban J connectivity index is 1.60. The molecule has 0 N–H and O–H groups in total. The molecule has 5 aliphatic rings. The van der Waals surface area contributed by atoms with Crippen molar-refractivity contribution in [1.29, 1.82) is 0 Å². The van der Waals surface area contributed by atoms with Crippen molar-refractivity contribution in [2.45, 2.75) is 44.2 Å². The maximum atomic E-state index is 13.4. The van der Waals surface area contributed by atoms with Gasteiger partial charge in [0.05, 0.1) is 18.4 Å². The number of carbonyl (C=O) groups excluding carboxylic acids is 4. The number of piperazine rings is 1. The first-order valence-corrected chi connectivity index (χ1v) is 9.28. The molecule has 25 heavy (non-hydrogen) atoms. The molecule has 0 aromatic heterocycles. The van der Waals surface area contributed by atoms with E-state index < -0.39 is 17.4 Å². The Labute approximate surface area is 146 Å². The van der Waals surface area contributed by atoms with Crippen molar-refractivity contribution in [3.8, 4) is 0 Å². The predicted octanol–water partition coefficient (Wildman–Crippen LogP) is -0.151. The van der Waals surface area contributed by atoms with Gasteiger partial charge in [0.1, 0.15) is 5.54 Å². The normalized spacial score (nSPS) is 40.9. The molecule has 7 heteroatoms. The van der Waals surface area contributed by atoms with Gasteiger partial charge in [-0.3, -0.25) is 24.1 Å². The number of likely N-dealkylation sites (tertiary alicyclic amines) is 1. The van der Waals surface area contributed by atoms with E-state index in [0.29, 0.717) is 12.5 Å². The van der Waals surface area contributed by atoms with Gasteiger partial charge in [0.15, 0.2) is 0 Å². The molecule has 5 rings (SSSR count). The Morgan fingerprint density at radius 1 is 1.04 bits per heavy atom. The van der Waals surface area contributed by atoms with E-state index >= 15 is 0 Å². The van der Waals surface area contributed by atoms with Crippen molar-refractivity contribution < 1.29 is 19.2 Å². The standard InChI is InChI=1S/C18H23N3O4/c1-18-13-12(15(23)19(2)16(13)24)14(10-5-6-10)21(18)11(22)8-20(17(18)25)7-9-3-4-9/h9-10,12-14H,3-8H2,1-2H3/t12?,13?,14?,18-/m1/s1. The molecule has 0 spiro atoms. The minimum Gasteiger partial charge on any atom is -0.331 e. The molecule has 3 unspecified atom stereocenters. The van der Waals surface area contributed by atoms with Crippen LogP contribution in [0.1, 0.15) is 32.6 Å². The first kappa shape index (κ1) is 15.3. The molecule has 134 valence electrons. The lowest BCUT2D eigenvalue weighted by molar-refractivity contribution is -0.167. The maximum Gasteiger partial charge on any atom is 0.249 e. The number of hydrogen-bond donors (Lipinski definition) is 0. The molecule has 7 nitrogen and oxygen atoms in total. The molecule has 3 saturated heterocycles. The van der Waals surface area contributed by atoms with Gasteiger partial charge in [-0.15, -0.1) is 0 Å². The SMILES string of the molecule is CN1C(=O)C2C(C3CC3)N3C(=O)CN(CC4CC4)C(=O)[C@@]3(C)C2C1=O. The second kappa shape index (κ2) is 4.62. The van der Waals surface area contributed by atoms with Crippen molar-refractivity contribution in [3.63, 3.8) is 0 Å². The van der Waals surface area contributed by atoms with E-state index in [2.05, 4.69) is 0 Å². The molecule has 4 amide bonds. The van der Waals surface area contributed by atoms with Crippen LogP contribution in [-0.4, -0.2) is 70.0 Å². The first-order valence-electron chi connectivity index (χ1n) is 9.28. The van der Waals surface area contributed by atoms with E-state index in [4.69, 9.17) is 0 Å². The summed E-state index contributed by atoms with van der Waals surface area (Å²) in [5.41, 5.74) is -1.21. The van der Waals surface area contributed by atoms with Crippen LogP contribution in [0.3, 0.4) is 0 Å². The van der Waals surface area contributed by atoms with Crippen LogP contribution in [0.5, 0.6) is 0 Å². The summed E-state index contributed by atoms with van der Waals surface area (Å²) in [5, 5.41) is 0. The third kappa shape index (κ3) is 1.81. The second-order valence-electron chi connectivity index (χ2n) is 8.61. The number of imide groups is 1. The van der Waals surface area contributed by atoms with Crippen LogP contribution in [-0.2, 0) is 19.2 Å². The molecule has 0 bridgehead atoms. The van der Waals surface area contributed by atoms with Crippen LogP contribution < -0.4 is 0 Å². The maximum absolute atomic E-state index is 13.4. The Bertz CT molecular complexity index is 713. The molecular weight excluding hydrogens is 322 g/mol. The van der Waals surface area contributed by atoms with Crippen LogP contribution in [0.15, 0.2) is 0 Å². The van der Waals surface area contributed by atoms with Crippen LogP contribution in [0.25, 0.3) is 0 Å². The summed E-state index contributed by atoms with van der Waals surface area (Å²) >= 11 is 0. The smallest absolute Gasteiger partial charge is 0.249 e. The van der Waals surface area contributed by atoms with E-state index in [-0.39, 0.29) is 42.1 Å². The minimum atomic E-state index is -1.21. The lowest BCUT2D eigenvalue weighted by Gasteiger charge is -2.47. The topological polar surface area (TPSA) is 78.0 Å². The lowest BCUT2D eigenvalue weighted by atomic mass is 9.79. The summed E-state index contributed by atoms with van der Waals surface area (Å²) in [4.78, 5) is 56.4. The fourth-order valence-electron chi connectivity index (χ4n) is 5.38. The molecule has 5 fully saturated rings. The number of carbonyl (C=O) groups is 4. The third-order valence-corrected chi connectivity index (χ3v) is 6.94. The van der Waals surface area contributed by atoms with E-state index in [1.807, 2.05) is 0 Å². The monoisotopic (exact) mass is 345 g/mol. The Kier molecular flexibility index (Phi) is 2.84. The average Bonchev–Trinajstić information content (AvgIpc) is 3.47. The van der Waals surface area contributed by atoms with Crippen molar-refractivity contribution >= 4 is 23.6 Å². The molecule has 2 aliphatic carbocycles. The fourth-order valence-corrected chi connectivity index (χ4v) is 5.38. The second-order valence-corrected chi connectivity index (χ2v) is 8.61. The van der Waals surface area contributed by atoms with Gasteiger partial charge in [-0.05, 0) is 44.4 Å². The minimum absolute atomic E-state index is 0.0891. The molecule has 0 radical (unpaired) electrons. The third-order valence-electron chi connectivity index (χ3n) is 6.94. The zero-order chi connectivity index (χ0) is 17.7. The van der Waals surface area contributed by atoms with Gasteiger partial charge in [-0.25, -0.2) is 0 Å². The lowest BCUT2D eigenvalue weighted by Crippen LogP contribution is -2.69. The van der Waals surface area contributed by atoms with Gasteiger partial charge in [-0.1, -0.05) is 0 Å². The van der Waals surface area contributed by atoms with Crippen LogP contribution >= 0.6 is 0 Å². The van der Waals surface area contributed by atoms with Crippen molar-refractivity contribution in [2.24, 2.45) is 23.7 Å². The Morgan fingerprint density at radius 3 is 2.32 bits per heavy atom. The highest BCUT2D eigenvalue weighted by molar-refractivity contribution is 6.12. The highest BCUT2D eigenvalue weighted by atomic mass is 16.2. The zero-order valence-electron chi connectivity index (χ0n) is 14.6. The molecule has 3 aliphatic heterocycles. The van der Waals surface area contributed by atoms with Crippen LogP contribution in [0.2, 0.25) is 0 Å². The van der Waals surface area contributed by atoms with Gasteiger partial charge in [0.25, 0.3) is 0 Å². The molecular formula is C18H23N3O4. The van der Waals surface area contributed by atoms with Gasteiger partial charge < -0.3 is 9.80 Å². The predicted molar refractivity (Wildman–Crippen MR) is 85.8 cm³/mol. The zero-order valence-corrected chi connectivity index (χ0v) is 14.6. The number of rotatable bonds is 3. The summed E-state index contributed by atoms with van der Waals surface area (Å²) in [6.45, 7) is 2.40. The largest absolute Gasteiger partial charge is 0.331 e. The molecule has 2 saturated carbocycles. The highest BCUT2D eigenvalue weighted by Crippen LogP contribution is 2.56. The number of nitrogens with zero attached hydrogens (tertiary/aromatic N) is 3. The molecule has 3 heterocycles. The number of amides is 4. The quantitative estimate of drug-likeness (QED) is 0.667. The number of hydrogen-bond acceptors (Lipinski definition) is 4. The summed E-state index contributed by atoms with van der Waals surface area (Å²) in [7, 11) is 1.50. The van der Waals surface area contributed by atoms with Crippen molar-refractivity contribution in [1.82, 2.24) is 14.7 Å². The van der Waals surface area contributed by atoms with Crippen molar-refractivity contribution in [3.05, 3.63) is 0 Å². The van der Waals surface area contributed by atoms with Gasteiger partial charge in [0.2, 0.25) is 23.6 Å². The summed E-state index contributed by atoms with van der Waals surface area (Å²) in [6, 6.07) is -0.295. The average molecular weight is 345 g/mol. The summed E-state index contributed by atoms with van der Waals surface area (Å²) in [6.07, 6.45) is 4.10. The van der Waals surface area contributed by atoms with E-state index in [1.54, 1.807) is 16.7 Å². The molecule has 0 aromatic rings. The Morgan fingerprint density at radius 2 is 1.72 bits per heavy atom.